The van der Waals surface area contributed by atoms with Gasteiger partial charge in [0.25, 0.3) is 0 Å². The Labute approximate surface area is 123 Å². The molecule has 0 aliphatic heterocycles. The minimum atomic E-state index is -1.76. The average molecular weight is 306 g/mol. The lowest BCUT2D eigenvalue weighted by atomic mass is 10.1. The fraction of sp³-hybridized carbons (Fsp3) is 0.846. The summed E-state index contributed by atoms with van der Waals surface area (Å²) in [6.45, 7) is 15.6. The molecule has 1 unspecified atom stereocenters. The van der Waals surface area contributed by atoms with Gasteiger partial charge >= 0.3 is 6.09 Å². The molecule has 0 aromatic heterocycles. The van der Waals surface area contributed by atoms with Crippen molar-refractivity contribution in [2.45, 2.75) is 65.9 Å². The number of alkyl carbamates (subject to hydrolysis) is 1. The van der Waals surface area contributed by atoms with Crippen LogP contribution < -0.4 is 5.32 Å². The van der Waals surface area contributed by atoms with Gasteiger partial charge in [0.15, 0.2) is 5.05 Å². The van der Waals surface area contributed by atoms with E-state index >= 15 is 0 Å². The molecule has 1 N–H and O–H groups in total. The van der Waals surface area contributed by atoms with Crippen molar-refractivity contribution in [3.63, 3.8) is 0 Å². The first-order chi connectivity index (χ1) is 8.32. The summed E-state index contributed by atoms with van der Waals surface area (Å²) in [7, 11) is -1.76. The van der Waals surface area contributed by atoms with Crippen LogP contribution in [0.2, 0.25) is 19.6 Å². The third-order valence-electron chi connectivity index (χ3n) is 2.00. The molecule has 1 atom stereocenters. The maximum Gasteiger partial charge on any atom is 0.408 e. The van der Waals surface area contributed by atoms with E-state index in [4.69, 9.17) is 21.4 Å². The first-order valence-corrected chi connectivity index (χ1v) is 10.4. The van der Waals surface area contributed by atoms with Crippen molar-refractivity contribution >= 4 is 31.7 Å². The molecular weight excluding hydrogens is 278 g/mol. The lowest BCUT2D eigenvalue weighted by Gasteiger charge is -2.29. The monoisotopic (exact) mass is 305 g/mol. The minimum absolute atomic E-state index is 0.149. The van der Waals surface area contributed by atoms with Gasteiger partial charge in [0.1, 0.15) is 11.6 Å². The van der Waals surface area contributed by atoms with Crippen LogP contribution in [0, 0.1) is 5.92 Å². The van der Waals surface area contributed by atoms with E-state index < -0.39 is 20.0 Å². The van der Waals surface area contributed by atoms with Gasteiger partial charge < -0.3 is 14.5 Å². The van der Waals surface area contributed by atoms with Crippen LogP contribution in [0.25, 0.3) is 0 Å². The molecule has 0 bridgehead atoms. The van der Waals surface area contributed by atoms with Gasteiger partial charge in [-0.1, -0.05) is 13.8 Å². The molecule has 0 aromatic carbocycles. The Kier molecular flexibility index (Phi) is 6.48. The van der Waals surface area contributed by atoms with Crippen molar-refractivity contribution in [1.29, 1.82) is 0 Å². The van der Waals surface area contributed by atoms with Gasteiger partial charge in [0.05, 0.1) is 0 Å². The van der Waals surface area contributed by atoms with Crippen LogP contribution in [0.15, 0.2) is 0 Å². The molecule has 0 rings (SSSR count). The van der Waals surface area contributed by atoms with E-state index in [9.17, 15) is 4.79 Å². The number of nitrogens with one attached hydrogen (secondary N) is 1. The largest absolute Gasteiger partial charge is 0.538 e. The summed E-state index contributed by atoms with van der Waals surface area (Å²) in [5, 5.41) is 3.23. The molecule has 0 spiro atoms. The number of carbonyl (C=O) groups is 1. The fourth-order valence-electron chi connectivity index (χ4n) is 1.30. The van der Waals surface area contributed by atoms with E-state index in [1.807, 2.05) is 34.6 Å². The number of ether oxygens (including phenoxy) is 1. The number of thiocarbonyl (C=S) groups is 1. The Balaban J connectivity index is 4.67. The van der Waals surface area contributed by atoms with E-state index in [0.717, 1.165) is 0 Å². The Bertz CT molecular complexity index is 332. The van der Waals surface area contributed by atoms with Crippen LogP contribution >= 0.6 is 12.2 Å². The summed E-state index contributed by atoms with van der Waals surface area (Å²) < 4.78 is 11.0. The zero-order valence-corrected chi connectivity index (χ0v) is 15.1. The summed E-state index contributed by atoms with van der Waals surface area (Å²) >= 11 is 5.30. The molecule has 0 aliphatic carbocycles. The van der Waals surface area contributed by atoms with Crippen LogP contribution in [0.5, 0.6) is 0 Å². The molecule has 4 nitrogen and oxygen atoms in total. The Morgan fingerprint density at radius 1 is 1.21 bits per heavy atom. The zero-order chi connectivity index (χ0) is 15.4. The highest BCUT2D eigenvalue weighted by Gasteiger charge is 2.28. The molecule has 0 saturated carbocycles. The van der Waals surface area contributed by atoms with Crippen molar-refractivity contribution in [2.75, 3.05) is 0 Å². The molecule has 1 amide bonds. The van der Waals surface area contributed by atoms with Crippen LogP contribution in [0.4, 0.5) is 4.79 Å². The van der Waals surface area contributed by atoms with Crippen LogP contribution in [-0.4, -0.2) is 31.1 Å². The van der Waals surface area contributed by atoms with E-state index in [-0.39, 0.29) is 12.0 Å². The van der Waals surface area contributed by atoms with Gasteiger partial charge in [-0.15, -0.1) is 0 Å². The predicted octanol–water partition coefficient (Wildman–Crippen LogP) is 3.71. The molecule has 6 heteroatoms. The lowest BCUT2D eigenvalue weighted by Crippen LogP contribution is -2.48. The third kappa shape index (κ3) is 8.99. The topological polar surface area (TPSA) is 47.6 Å². The summed E-state index contributed by atoms with van der Waals surface area (Å²) in [6, 6.07) is -0.309. The molecule has 0 fully saturated rings. The lowest BCUT2D eigenvalue weighted by molar-refractivity contribution is 0.0505. The molecule has 0 aromatic rings. The number of hydrogen-bond acceptors (Lipinski definition) is 4. The maximum absolute atomic E-state index is 11.8. The van der Waals surface area contributed by atoms with Gasteiger partial charge in [-0.3, -0.25) is 0 Å². The van der Waals surface area contributed by atoms with Crippen LogP contribution in [-0.2, 0) is 9.16 Å². The summed E-state index contributed by atoms with van der Waals surface area (Å²) in [4.78, 5) is 11.8. The minimum Gasteiger partial charge on any atom is -0.538 e. The van der Waals surface area contributed by atoms with E-state index in [0.29, 0.717) is 5.05 Å². The second kappa shape index (κ2) is 6.70. The smallest absolute Gasteiger partial charge is 0.408 e. The van der Waals surface area contributed by atoms with Gasteiger partial charge in [-0.2, -0.15) is 0 Å². The Morgan fingerprint density at radius 3 is 2.00 bits per heavy atom. The van der Waals surface area contributed by atoms with Crippen molar-refractivity contribution < 1.29 is 14.0 Å². The van der Waals surface area contributed by atoms with Crippen molar-refractivity contribution in [1.82, 2.24) is 5.32 Å². The van der Waals surface area contributed by atoms with Crippen molar-refractivity contribution in [2.24, 2.45) is 5.92 Å². The molecule has 112 valence electrons. The number of amides is 1. The number of rotatable bonds is 4. The predicted molar refractivity (Wildman–Crippen MR) is 85.0 cm³/mol. The second-order valence-electron chi connectivity index (χ2n) is 6.90. The Morgan fingerprint density at radius 2 is 1.68 bits per heavy atom. The van der Waals surface area contributed by atoms with Crippen molar-refractivity contribution in [3.05, 3.63) is 0 Å². The Hall–Kier alpha value is -0.623. The molecule has 19 heavy (non-hydrogen) atoms. The maximum atomic E-state index is 11.8. The van der Waals surface area contributed by atoms with Gasteiger partial charge in [-0.25, -0.2) is 4.79 Å². The fourth-order valence-corrected chi connectivity index (χ4v) is 3.11. The molecule has 0 saturated heterocycles. The molecule has 0 heterocycles. The van der Waals surface area contributed by atoms with Gasteiger partial charge in [0, 0.05) is 0 Å². The van der Waals surface area contributed by atoms with Gasteiger partial charge in [-0.05, 0) is 58.5 Å². The van der Waals surface area contributed by atoms with Crippen LogP contribution in [0.3, 0.4) is 0 Å². The standard InChI is InChI=1S/C13H27NO3SSi/c1-9(2)10(11(18)17-19(6,7)8)14-12(15)16-13(3,4)5/h9-10H,1-8H3,(H,14,15). The van der Waals surface area contributed by atoms with Crippen molar-refractivity contribution in [3.8, 4) is 0 Å². The van der Waals surface area contributed by atoms with Gasteiger partial charge in [0.2, 0.25) is 8.32 Å². The second-order valence-corrected chi connectivity index (χ2v) is 11.7. The normalized spacial score (nSPS) is 13.9. The SMILES string of the molecule is CC(C)C(NC(=O)OC(C)(C)C)C(=S)O[Si](C)(C)C. The molecular formula is C13H27NO3SSi. The highest BCUT2D eigenvalue weighted by atomic mass is 32.1. The summed E-state index contributed by atoms with van der Waals surface area (Å²) in [6.07, 6.45) is -0.465. The molecule has 0 aliphatic rings. The van der Waals surface area contributed by atoms with E-state index in [2.05, 4.69) is 25.0 Å². The molecule has 0 radical (unpaired) electrons. The average Bonchev–Trinajstić information content (AvgIpc) is 2.07. The highest BCUT2D eigenvalue weighted by Crippen LogP contribution is 2.13. The first kappa shape index (κ1) is 18.4. The third-order valence-corrected chi connectivity index (χ3v) is 3.32. The zero-order valence-electron chi connectivity index (χ0n) is 13.3. The van der Waals surface area contributed by atoms with E-state index in [1.165, 1.54) is 0 Å². The first-order valence-electron chi connectivity index (χ1n) is 6.54. The summed E-state index contributed by atoms with van der Waals surface area (Å²) in [5.74, 6) is 0.149. The van der Waals surface area contributed by atoms with E-state index in [1.54, 1.807) is 0 Å². The quantitative estimate of drug-likeness (QED) is 0.635. The highest BCUT2D eigenvalue weighted by molar-refractivity contribution is 7.80. The number of hydrogen-bond donors (Lipinski definition) is 1. The summed E-state index contributed by atoms with van der Waals surface area (Å²) in [5.41, 5.74) is -0.521. The number of carbonyl (C=O) groups excluding carboxylic acids is 1. The van der Waals surface area contributed by atoms with Crippen LogP contribution in [0.1, 0.15) is 34.6 Å².